The fraction of sp³-hybridized carbons (Fsp3) is 0.226. The molecule has 2 atom stereocenters. The number of nitrogens with one attached hydrogen (secondary N) is 4. The number of halogens is 4. The highest BCUT2D eigenvalue weighted by Crippen LogP contribution is 2.34. The van der Waals surface area contributed by atoms with Gasteiger partial charge in [-0.1, -0.05) is 67.4 Å². The number of aromatic nitrogens is 16. The van der Waals surface area contributed by atoms with Crippen LogP contribution in [0.4, 0.5) is 53.1 Å². The number of rotatable bonds is 18. The molecule has 1 aliphatic carbocycles. The van der Waals surface area contributed by atoms with Crippen molar-refractivity contribution < 1.29 is 33.0 Å². The van der Waals surface area contributed by atoms with Crippen LogP contribution in [0.3, 0.4) is 0 Å². The van der Waals surface area contributed by atoms with Crippen LogP contribution < -0.4 is 31.3 Å². The van der Waals surface area contributed by atoms with Gasteiger partial charge in [0, 0.05) is 129 Å². The van der Waals surface area contributed by atoms with Gasteiger partial charge in [0.25, 0.3) is 0 Å². The van der Waals surface area contributed by atoms with Gasteiger partial charge in [-0.05, 0) is 175 Å². The molecule has 0 aliphatic heterocycles. The number of aliphatic hydroxyl groups excluding tert-OH is 1. The zero-order valence-corrected chi connectivity index (χ0v) is 67.1. The summed E-state index contributed by atoms with van der Waals surface area (Å²) in [5.41, 5.74) is 8.74. The molecule has 3 aromatic carbocycles. The molecule has 2 amide bonds. The highest BCUT2D eigenvalue weighted by atomic mass is 79.9. The smallest absolute Gasteiger partial charge is 0.416 e. The van der Waals surface area contributed by atoms with Crippen molar-refractivity contribution >= 4 is 101 Å². The van der Waals surface area contributed by atoms with Crippen LogP contribution in [0.1, 0.15) is 89.5 Å². The maximum Gasteiger partial charge on any atom is 0.416 e. The van der Waals surface area contributed by atoms with Crippen LogP contribution >= 0.6 is 31.9 Å². The maximum absolute atomic E-state index is 14.2. The van der Waals surface area contributed by atoms with Crippen molar-refractivity contribution in [1.29, 1.82) is 0 Å². The van der Waals surface area contributed by atoms with Gasteiger partial charge in [-0.25, -0.2) is 43.2 Å². The number of nitrogens with zero attached hydrogens (tertiary/aromatic N) is 18. The lowest BCUT2D eigenvalue weighted by atomic mass is 9.85. The first-order chi connectivity index (χ1) is 56.0. The summed E-state index contributed by atoms with van der Waals surface area (Å²) in [6.45, 7) is 20.0. The van der Waals surface area contributed by atoms with Crippen LogP contribution in [-0.2, 0) is 35.7 Å². The molecule has 12 aromatic heterocycles. The molecule has 116 heavy (non-hydrogen) atoms. The summed E-state index contributed by atoms with van der Waals surface area (Å²) in [7, 11) is 0. The molecule has 5 N–H and O–H groups in total. The van der Waals surface area contributed by atoms with E-state index < -0.39 is 23.4 Å². The molecule has 12 heterocycles. The number of carbonyl (C=O) groups is 2. The predicted molar refractivity (Wildman–Crippen MR) is 446 cm³/mol. The van der Waals surface area contributed by atoms with Gasteiger partial charge in [-0.15, -0.1) is 0 Å². The van der Waals surface area contributed by atoms with Crippen LogP contribution in [0.2, 0.25) is 0 Å². The minimum absolute atomic E-state index is 0.155. The molecule has 0 bridgehead atoms. The number of carbonyl (C=O) groups excluding carboxylic acids is 2. The molecular weight excluding hydrogens is 1610 g/mol. The molecule has 0 saturated heterocycles. The van der Waals surface area contributed by atoms with E-state index >= 15 is 0 Å². The molecule has 32 heteroatoms. The van der Waals surface area contributed by atoms with Gasteiger partial charge < -0.3 is 35.5 Å². The molecule has 28 nitrogen and oxygen atoms in total. The number of fused-ring (bicyclic) bond motifs is 4. The summed E-state index contributed by atoms with van der Waals surface area (Å²) in [4.78, 5) is 77.8. The Bertz CT molecular complexity index is 5990. The Kier molecular flexibility index (Phi) is 25.6. The number of aliphatic hydroxyl groups is 1. The van der Waals surface area contributed by atoms with Crippen LogP contribution in [0.15, 0.2) is 240 Å². The van der Waals surface area contributed by atoms with E-state index in [0.29, 0.717) is 80.3 Å². The molecule has 16 rings (SSSR count). The predicted octanol–water partition coefficient (Wildman–Crippen LogP) is 17.2. The van der Waals surface area contributed by atoms with Gasteiger partial charge in [-0.2, -0.15) is 38.5 Å². The zero-order valence-electron chi connectivity index (χ0n) is 63.9. The Labute approximate surface area is 681 Å². The van der Waals surface area contributed by atoms with Crippen molar-refractivity contribution in [3.05, 3.63) is 290 Å². The highest BCUT2D eigenvalue weighted by Gasteiger charge is 2.30. The molecule has 590 valence electrons. The Hall–Kier alpha value is -13.3. The molecule has 15 aromatic rings. The Morgan fingerprint density at radius 2 is 1.12 bits per heavy atom. The number of hydrogen-bond acceptors (Lipinski definition) is 20. The van der Waals surface area contributed by atoms with Crippen molar-refractivity contribution in [2.24, 2.45) is 5.92 Å². The largest absolute Gasteiger partial charge is 0.443 e. The van der Waals surface area contributed by atoms with Crippen molar-refractivity contribution in [2.45, 2.75) is 111 Å². The minimum atomic E-state index is -0.680. The molecule has 1 fully saturated rings. The van der Waals surface area contributed by atoms with Crippen molar-refractivity contribution in [3.63, 3.8) is 0 Å². The Morgan fingerprint density at radius 1 is 0.569 bits per heavy atom. The summed E-state index contributed by atoms with van der Waals surface area (Å²) >= 11 is 6.95. The lowest BCUT2D eigenvalue weighted by Crippen LogP contribution is -2.37. The number of benzene rings is 3. The van der Waals surface area contributed by atoms with Crippen LogP contribution in [-0.4, -0.2) is 119 Å². The third kappa shape index (κ3) is 20.6. The molecule has 0 spiro atoms. The number of ether oxygens (including phenoxy) is 2. The van der Waals surface area contributed by atoms with Crippen molar-refractivity contribution in [2.75, 3.05) is 32.4 Å². The molecular formula is C84H80Br2F2N22O6. The lowest BCUT2D eigenvalue weighted by molar-refractivity contribution is 0.0564. The zero-order chi connectivity index (χ0) is 81.5. The monoisotopic (exact) mass is 1690 g/mol. The molecule has 0 unspecified atom stereocenters. The van der Waals surface area contributed by atoms with E-state index in [4.69, 9.17) is 21.0 Å². The molecule has 1 saturated carbocycles. The van der Waals surface area contributed by atoms with Gasteiger partial charge in [0.2, 0.25) is 5.56 Å². The van der Waals surface area contributed by atoms with Gasteiger partial charge in [0.15, 0.2) is 28.3 Å². The third-order valence-electron chi connectivity index (χ3n) is 18.0. The minimum Gasteiger partial charge on any atom is -0.443 e. The van der Waals surface area contributed by atoms with Crippen molar-refractivity contribution in [1.82, 2.24) is 78.3 Å². The summed E-state index contributed by atoms with van der Waals surface area (Å²) in [6.07, 6.45) is 22.1. The first-order valence-electron chi connectivity index (χ1n) is 37.0. The van der Waals surface area contributed by atoms with Crippen LogP contribution in [0.25, 0.3) is 61.2 Å². The first kappa shape index (κ1) is 80.8. The topological polar surface area (TPSA) is 312 Å². The third-order valence-corrected chi connectivity index (χ3v) is 19.1. The lowest BCUT2D eigenvalue weighted by Gasteiger charge is -2.31. The van der Waals surface area contributed by atoms with E-state index in [-0.39, 0.29) is 48.8 Å². The second kappa shape index (κ2) is 36.7. The molecule has 1 aliphatic rings. The van der Waals surface area contributed by atoms with Gasteiger partial charge in [0.05, 0.1) is 70.5 Å². The second-order valence-corrected chi connectivity index (χ2v) is 30.5. The number of anilines is 5. The first-order valence-corrected chi connectivity index (χ1v) is 38.6. The quantitative estimate of drug-likeness (QED) is 0.0498. The van der Waals surface area contributed by atoms with Crippen molar-refractivity contribution in [3.8, 4) is 33.8 Å². The normalized spacial score (nSPS) is 13.3. The average molecular weight is 1690 g/mol. The number of H-pyrrole nitrogens is 1. The van der Waals surface area contributed by atoms with E-state index in [9.17, 15) is 28.3 Å². The summed E-state index contributed by atoms with van der Waals surface area (Å²) in [5, 5.41) is 37.3. The van der Waals surface area contributed by atoms with Crippen LogP contribution in [0, 0.1) is 24.1 Å². The highest BCUT2D eigenvalue weighted by molar-refractivity contribution is 9.11. The Morgan fingerprint density at radius 3 is 1.66 bits per heavy atom. The molecule has 0 radical (unpaired) electrons. The Balaban J connectivity index is 0.000000135. The fourth-order valence-electron chi connectivity index (χ4n) is 12.5. The fourth-order valence-corrected chi connectivity index (χ4v) is 13.2. The summed E-state index contributed by atoms with van der Waals surface area (Å²) < 4.78 is 47.1. The number of pyridine rings is 4. The number of amides is 2. The number of aromatic amines is 1. The van der Waals surface area contributed by atoms with E-state index in [2.05, 4.69) is 108 Å². The van der Waals surface area contributed by atoms with Crippen LogP contribution in [0.5, 0.6) is 0 Å². The number of hydrogen-bond donors (Lipinski definition) is 5. The van der Waals surface area contributed by atoms with Gasteiger partial charge in [0.1, 0.15) is 51.9 Å². The van der Waals surface area contributed by atoms with E-state index in [1.165, 1.54) is 46.9 Å². The SMILES string of the molecule is CC(C)(C)OC(=O)N(Cc1cccnc1)c1cc(-c2ccc(F)cc2)nc2ccnn12.O=c1ccc(CNc2cc(-c3ccccc3F)nc3c(Br)cnn23)c[nH]1.OC[C@H]1CCCC[C@H]1Nc1cc(NCc2cccnc2)n2ncc(Br)c2n1.[C-]#[N+]c1cccc(-c2cc(N(Cc3cccnc3)C(=O)OC(C)(C)C)n3nccc3n2)c1. The van der Waals surface area contributed by atoms with E-state index in [1.54, 1.807) is 159 Å². The maximum atomic E-state index is 14.2. The van der Waals surface area contributed by atoms with E-state index in [1.807, 2.05) is 102 Å². The second-order valence-electron chi connectivity index (χ2n) is 28.8. The summed E-state index contributed by atoms with van der Waals surface area (Å²) in [5.74, 6) is 2.89. The average Bonchev–Trinajstić information content (AvgIpc) is 1.54. The van der Waals surface area contributed by atoms with Gasteiger partial charge >= 0.3 is 12.2 Å². The standard InChI is InChI=1S/C24H22N6O2.C23H22FN5O2.C19H23BrN6O.C18H13BrFN5O/c1-24(2,3)32-23(31)29(16-17-7-6-11-26-15-17)22-14-20(28-21-10-12-27-30(21)22)18-8-5-9-19(13-18)25-4;1-23(2,3)31-22(30)28(15-16-5-4-11-25-14-16)21-13-19(17-6-8-18(24)9-7-17)27-20-10-12-26-29(20)21;20-15-11-23-26-18(22-10-13-4-3-7-21-9-13)8-17(25-19(15)26)24-16-6-2-1-5-14(16)12-27;19-13-10-23-25-16(21-8-11-5-6-17(26)22-9-11)7-15(24-18(13)25)12-3-1-2-4-14(12)20/h5-15H,16H2,1-3H3;4-14H,15H2,1-3H3;3-4,7-9,11,14,16,22,27H,1-2,5-6,10,12H2,(H,24,25);1-7,9-10,21H,8H2,(H,22,26)/t;;14-,16-;/m..1./s1. The van der Waals surface area contributed by atoms with E-state index in [0.717, 1.165) is 68.0 Å². The summed E-state index contributed by atoms with van der Waals surface area (Å²) in [6, 6.07) is 45.3. The van der Waals surface area contributed by atoms with Gasteiger partial charge in [-0.3, -0.25) is 29.5 Å².